The van der Waals surface area contributed by atoms with E-state index >= 15 is 0 Å². The summed E-state index contributed by atoms with van der Waals surface area (Å²) in [5.74, 6) is -2.56. The Balaban J connectivity index is 1.47. The fraction of sp³-hybridized carbons (Fsp3) is 0.593. The molecule has 2 bridgehead atoms. The van der Waals surface area contributed by atoms with Gasteiger partial charge in [0.2, 0.25) is 0 Å². The van der Waals surface area contributed by atoms with E-state index in [9.17, 15) is 23.2 Å². The van der Waals surface area contributed by atoms with Gasteiger partial charge in [0.25, 0.3) is 0 Å². The molecule has 1 aromatic carbocycles. The van der Waals surface area contributed by atoms with Crippen molar-refractivity contribution in [2.24, 2.45) is 11.3 Å². The number of carbonyl (C=O) groups excluding carboxylic acids is 3. The van der Waals surface area contributed by atoms with Gasteiger partial charge in [0.15, 0.2) is 5.82 Å². The van der Waals surface area contributed by atoms with Gasteiger partial charge in [-0.1, -0.05) is 0 Å². The predicted octanol–water partition coefficient (Wildman–Crippen LogP) is 3.64. The first-order valence-corrected chi connectivity index (χ1v) is 12.9. The molecule has 0 N–H and O–H groups in total. The Morgan fingerprint density at radius 1 is 1.23 bits per heavy atom. The molecule has 5 rings (SSSR count). The number of ether oxygens (including phenoxy) is 3. The Kier molecular flexibility index (Phi) is 6.42. The van der Waals surface area contributed by atoms with E-state index in [0.717, 1.165) is 18.9 Å². The van der Waals surface area contributed by atoms with E-state index in [1.807, 2.05) is 32.6 Å². The Hall–Kier alpha value is -3.57. The van der Waals surface area contributed by atoms with Crippen LogP contribution in [-0.2, 0) is 19.1 Å². The van der Waals surface area contributed by atoms with Gasteiger partial charge in [-0.25, -0.2) is 13.6 Å². The van der Waals surface area contributed by atoms with Crippen LogP contribution >= 0.6 is 0 Å². The molecule has 2 aromatic rings. The van der Waals surface area contributed by atoms with Crippen molar-refractivity contribution in [2.75, 3.05) is 31.7 Å². The largest absolute Gasteiger partial charge is 0.469 e. The quantitative estimate of drug-likeness (QED) is 0.396. The molecule has 10 nitrogen and oxygen atoms in total. The highest BCUT2D eigenvalue weighted by molar-refractivity contribution is 5.91. The van der Waals surface area contributed by atoms with Crippen LogP contribution in [0, 0.1) is 23.0 Å². The topological polar surface area (TPSA) is 111 Å². The zero-order valence-electron chi connectivity index (χ0n) is 22.6. The lowest BCUT2D eigenvalue weighted by Gasteiger charge is -2.47. The lowest BCUT2D eigenvalue weighted by molar-refractivity contribution is -0.144. The Bertz CT molecular complexity index is 1350. The molecule has 2 saturated heterocycles. The number of methoxy groups -OCH3 is 1. The molecule has 0 radical (unpaired) electrons. The molecule has 210 valence electrons. The van der Waals surface area contributed by atoms with Crippen LogP contribution in [0.5, 0.6) is 6.01 Å². The number of hydrogen-bond donors (Lipinski definition) is 0. The second kappa shape index (κ2) is 9.27. The standard InChI is InChI=1S/C27H32F2N4O6/c1-25(2,3)39-24(36)33-16-6-7-26(33,4)12-32(11-16)21-17-8-15(28)9-19(29)20(17)30-23(31-21)38-14-27(13-34)10-18(27)22(35)37-5/h8-9,13,16,18H,6-7,10-12,14H2,1-5H3/t16-,18?,26+,27?/m1/s1. The minimum atomic E-state index is -1.07. The van der Waals surface area contributed by atoms with Crippen LogP contribution in [0.2, 0.25) is 0 Å². The molecule has 0 spiro atoms. The van der Waals surface area contributed by atoms with Crippen molar-refractivity contribution in [3.8, 4) is 6.01 Å². The third-order valence-corrected chi connectivity index (χ3v) is 7.80. The monoisotopic (exact) mass is 546 g/mol. The lowest BCUT2D eigenvalue weighted by atomic mass is 9.97. The normalized spacial score (nSPS) is 27.9. The van der Waals surface area contributed by atoms with Gasteiger partial charge >= 0.3 is 18.1 Å². The minimum absolute atomic E-state index is 0.135. The van der Waals surface area contributed by atoms with Crippen molar-refractivity contribution in [3.63, 3.8) is 0 Å². The zero-order valence-corrected chi connectivity index (χ0v) is 22.6. The first kappa shape index (κ1) is 27.0. The maximum absolute atomic E-state index is 14.9. The summed E-state index contributed by atoms with van der Waals surface area (Å²) < 4.78 is 45.4. The van der Waals surface area contributed by atoms with Crippen LogP contribution < -0.4 is 9.64 Å². The Labute approximate surface area is 224 Å². The molecule has 39 heavy (non-hydrogen) atoms. The van der Waals surface area contributed by atoms with Crippen molar-refractivity contribution in [1.82, 2.24) is 14.9 Å². The summed E-state index contributed by atoms with van der Waals surface area (Å²) in [4.78, 5) is 49.1. The molecular formula is C27H32F2N4O6. The molecule has 2 unspecified atom stereocenters. The molecule has 1 saturated carbocycles. The van der Waals surface area contributed by atoms with Crippen LogP contribution in [0.3, 0.4) is 0 Å². The summed E-state index contributed by atoms with van der Waals surface area (Å²) >= 11 is 0. The maximum Gasteiger partial charge on any atom is 0.411 e. The number of fused-ring (bicyclic) bond motifs is 3. The fourth-order valence-corrected chi connectivity index (χ4v) is 5.80. The number of esters is 1. The molecule has 3 fully saturated rings. The van der Waals surface area contributed by atoms with Gasteiger partial charge in [-0.3, -0.25) is 9.69 Å². The second-order valence-electron chi connectivity index (χ2n) is 12.0. The minimum Gasteiger partial charge on any atom is -0.469 e. The van der Waals surface area contributed by atoms with E-state index in [1.165, 1.54) is 13.2 Å². The summed E-state index contributed by atoms with van der Waals surface area (Å²) in [6.45, 7) is 7.90. The van der Waals surface area contributed by atoms with Gasteiger partial charge in [0, 0.05) is 24.5 Å². The number of hydrogen-bond acceptors (Lipinski definition) is 9. The molecule has 2 aliphatic heterocycles. The second-order valence-corrected chi connectivity index (χ2v) is 12.0. The van der Waals surface area contributed by atoms with Crippen molar-refractivity contribution >= 4 is 35.1 Å². The molecule has 3 heterocycles. The molecule has 1 aromatic heterocycles. The molecule has 3 aliphatic rings. The van der Waals surface area contributed by atoms with Crippen molar-refractivity contribution < 1.29 is 37.4 Å². The van der Waals surface area contributed by atoms with Gasteiger partial charge in [-0.05, 0) is 53.0 Å². The molecule has 1 amide bonds. The van der Waals surface area contributed by atoms with Crippen LogP contribution in [0.15, 0.2) is 12.1 Å². The summed E-state index contributed by atoms with van der Waals surface area (Å²) in [6, 6.07) is 1.50. The van der Waals surface area contributed by atoms with E-state index in [4.69, 9.17) is 14.2 Å². The first-order chi connectivity index (χ1) is 18.3. The van der Waals surface area contributed by atoms with Gasteiger partial charge in [0.05, 0.1) is 30.0 Å². The number of amides is 1. The predicted molar refractivity (Wildman–Crippen MR) is 135 cm³/mol. The third kappa shape index (κ3) is 4.85. The van der Waals surface area contributed by atoms with E-state index in [0.29, 0.717) is 19.4 Å². The van der Waals surface area contributed by atoms with Gasteiger partial charge in [-0.15, -0.1) is 0 Å². The SMILES string of the molecule is COC(=O)C1CC1(C=O)COc1nc(N2C[C@H]3CC[C@@](C)(C2)N3C(=O)OC(C)(C)C)c2cc(F)cc(F)c2n1. The highest BCUT2D eigenvalue weighted by atomic mass is 19.1. The van der Waals surface area contributed by atoms with E-state index < -0.39 is 46.2 Å². The lowest BCUT2D eigenvalue weighted by Crippen LogP contribution is -2.63. The number of piperazine rings is 1. The van der Waals surface area contributed by atoms with E-state index in [-0.39, 0.29) is 41.8 Å². The van der Waals surface area contributed by atoms with Crippen LogP contribution in [0.1, 0.15) is 47.0 Å². The number of benzene rings is 1. The number of nitrogens with zero attached hydrogens (tertiary/aromatic N) is 4. The highest BCUT2D eigenvalue weighted by Crippen LogP contribution is 2.51. The average Bonchev–Trinajstić information content (AvgIpc) is 3.54. The highest BCUT2D eigenvalue weighted by Gasteiger charge is 2.60. The first-order valence-electron chi connectivity index (χ1n) is 12.9. The molecular weight excluding hydrogens is 514 g/mol. The smallest absolute Gasteiger partial charge is 0.411 e. The number of aldehydes is 1. The average molecular weight is 547 g/mol. The summed E-state index contributed by atoms with van der Waals surface area (Å²) in [6.07, 6.45) is 1.97. The summed E-state index contributed by atoms with van der Waals surface area (Å²) in [5, 5.41) is 0.164. The number of carbonyl (C=O) groups is 3. The Morgan fingerprint density at radius 3 is 2.62 bits per heavy atom. The maximum atomic E-state index is 14.9. The van der Waals surface area contributed by atoms with E-state index in [1.54, 1.807) is 4.90 Å². The fourth-order valence-electron chi connectivity index (χ4n) is 5.80. The number of rotatable bonds is 6. The Morgan fingerprint density at radius 2 is 1.97 bits per heavy atom. The molecule has 4 atom stereocenters. The molecule has 1 aliphatic carbocycles. The van der Waals surface area contributed by atoms with Crippen molar-refractivity contribution in [1.29, 1.82) is 0 Å². The van der Waals surface area contributed by atoms with Crippen LogP contribution in [0.4, 0.5) is 19.4 Å². The van der Waals surface area contributed by atoms with E-state index in [2.05, 4.69) is 9.97 Å². The van der Waals surface area contributed by atoms with Crippen molar-refractivity contribution in [2.45, 2.75) is 64.1 Å². The zero-order chi connectivity index (χ0) is 28.3. The molecule has 12 heteroatoms. The van der Waals surface area contributed by atoms with Gasteiger partial charge in [0.1, 0.15) is 35.6 Å². The number of halogens is 2. The summed E-state index contributed by atoms with van der Waals surface area (Å²) in [5.41, 5.74) is -2.46. The van der Waals surface area contributed by atoms with Crippen LogP contribution in [-0.4, -0.2) is 77.2 Å². The van der Waals surface area contributed by atoms with Gasteiger partial charge in [-0.2, -0.15) is 9.97 Å². The summed E-state index contributed by atoms with van der Waals surface area (Å²) in [7, 11) is 1.24. The number of anilines is 1. The van der Waals surface area contributed by atoms with Crippen molar-refractivity contribution in [3.05, 3.63) is 23.8 Å². The van der Waals surface area contributed by atoms with Gasteiger partial charge < -0.3 is 23.9 Å². The third-order valence-electron chi connectivity index (χ3n) is 7.80. The number of aromatic nitrogens is 2. The van der Waals surface area contributed by atoms with Crippen LogP contribution in [0.25, 0.3) is 10.9 Å².